The first-order valence-electron chi connectivity index (χ1n) is 7.58. The van der Waals surface area contributed by atoms with Crippen LogP contribution in [-0.4, -0.2) is 66.5 Å². The van der Waals surface area contributed by atoms with Crippen molar-refractivity contribution in [2.75, 3.05) is 39.8 Å². The van der Waals surface area contributed by atoms with Gasteiger partial charge >= 0.3 is 6.18 Å². The highest BCUT2D eigenvalue weighted by Gasteiger charge is 2.41. The molecule has 2 heterocycles. The van der Waals surface area contributed by atoms with Crippen molar-refractivity contribution in [2.45, 2.75) is 24.6 Å². The van der Waals surface area contributed by atoms with Gasteiger partial charge < -0.3 is 10.6 Å². The van der Waals surface area contributed by atoms with Crippen LogP contribution in [0.15, 0.2) is 18.5 Å². The molecule has 130 valence electrons. The molecule has 23 heavy (non-hydrogen) atoms. The van der Waals surface area contributed by atoms with Crippen LogP contribution in [0.4, 0.5) is 13.2 Å². The monoisotopic (exact) mass is 333 g/mol. The minimum absolute atomic E-state index is 0.138. The van der Waals surface area contributed by atoms with Gasteiger partial charge in [0.1, 0.15) is 5.54 Å². The molecule has 1 amide bonds. The van der Waals surface area contributed by atoms with Crippen LogP contribution >= 0.6 is 0 Å². The number of nitrogens with zero attached hydrogens (tertiary/aromatic N) is 3. The maximum absolute atomic E-state index is 12.6. The summed E-state index contributed by atoms with van der Waals surface area (Å²) in [5.41, 5.74) is -0.767. The van der Waals surface area contributed by atoms with Crippen LogP contribution in [-0.2, 0) is 10.3 Å². The van der Waals surface area contributed by atoms with Crippen molar-refractivity contribution < 1.29 is 18.0 Å². The second-order valence-electron chi connectivity index (χ2n) is 5.84. The van der Waals surface area contributed by atoms with Gasteiger partial charge in [0.2, 0.25) is 5.91 Å². The fourth-order valence-electron chi connectivity index (χ4n) is 2.83. The van der Waals surface area contributed by atoms with Gasteiger partial charge in [0.15, 0.2) is 0 Å². The van der Waals surface area contributed by atoms with Crippen LogP contribution in [0.3, 0.4) is 0 Å². The Labute approximate surface area is 133 Å². The van der Waals surface area contributed by atoms with Crippen molar-refractivity contribution in [3.05, 3.63) is 18.5 Å². The zero-order valence-corrected chi connectivity index (χ0v) is 13.1. The van der Waals surface area contributed by atoms with E-state index in [9.17, 15) is 18.0 Å². The van der Waals surface area contributed by atoms with E-state index in [1.54, 1.807) is 23.1 Å². The third-order valence-electron chi connectivity index (χ3n) is 4.02. The molecule has 9 heteroatoms. The van der Waals surface area contributed by atoms with E-state index >= 15 is 0 Å². The molecule has 1 aliphatic heterocycles. The Morgan fingerprint density at radius 3 is 2.70 bits per heavy atom. The summed E-state index contributed by atoms with van der Waals surface area (Å²) in [6.07, 6.45) is 0.330. The Morgan fingerprint density at radius 1 is 1.43 bits per heavy atom. The summed E-state index contributed by atoms with van der Waals surface area (Å²) < 4.78 is 38.5. The third kappa shape index (κ3) is 4.68. The number of halogens is 3. The molecule has 1 aromatic heterocycles. The Morgan fingerprint density at radius 2 is 2.13 bits per heavy atom. The lowest BCUT2D eigenvalue weighted by atomic mass is 9.87. The zero-order valence-electron chi connectivity index (χ0n) is 13.1. The molecule has 2 rings (SSSR count). The molecular formula is C14H22F3N5O. The summed E-state index contributed by atoms with van der Waals surface area (Å²) in [4.78, 5) is 13.8. The highest BCUT2D eigenvalue weighted by molar-refractivity contribution is 5.84. The number of aromatic nitrogens is 2. The molecule has 0 spiro atoms. The molecule has 0 unspecified atom stereocenters. The zero-order chi connectivity index (χ0) is 16.9. The molecule has 0 bridgehead atoms. The van der Waals surface area contributed by atoms with Crippen molar-refractivity contribution in [1.82, 2.24) is 25.3 Å². The first-order chi connectivity index (χ1) is 10.8. The SMILES string of the molecule is CN(CCNC(=O)C1(n2cccn2)CCNCC1)CC(F)(F)F. The standard InChI is InChI=1S/C14H22F3N5O/c1-21(11-14(15,16)17)10-8-19-12(23)13(3-6-18-7-4-13)22-9-2-5-20-22/h2,5,9,18H,3-4,6-8,10-11H2,1H3,(H,19,23). The minimum Gasteiger partial charge on any atom is -0.353 e. The summed E-state index contributed by atoms with van der Waals surface area (Å²) in [6, 6.07) is 1.76. The van der Waals surface area contributed by atoms with Crippen LogP contribution in [0.1, 0.15) is 12.8 Å². The number of hydrogen-bond donors (Lipinski definition) is 2. The average molecular weight is 333 g/mol. The van der Waals surface area contributed by atoms with Gasteiger partial charge in [0.05, 0.1) is 6.54 Å². The van der Waals surface area contributed by atoms with Crippen molar-refractivity contribution in [2.24, 2.45) is 0 Å². The molecule has 1 aromatic rings. The maximum atomic E-state index is 12.6. The van der Waals surface area contributed by atoms with E-state index in [-0.39, 0.29) is 19.0 Å². The van der Waals surface area contributed by atoms with E-state index in [1.165, 1.54) is 7.05 Å². The molecule has 0 radical (unpaired) electrons. The molecule has 1 aliphatic rings. The largest absolute Gasteiger partial charge is 0.401 e. The first-order valence-corrected chi connectivity index (χ1v) is 7.58. The van der Waals surface area contributed by atoms with E-state index in [0.717, 1.165) is 4.90 Å². The minimum atomic E-state index is -4.23. The summed E-state index contributed by atoms with van der Waals surface area (Å²) in [5, 5.41) is 10.2. The van der Waals surface area contributed by atoms with Crippen LogP contribution in [0, 0.1) is 0 Å². The lowest BCUT2D eigenvalue weighted by Gasteiger charge is -2.36. The van der Waals surface area contributed by atoms with Gasteiger partial charge in [-0.25, -0.2) is 0 Å². The molecule has 2 N–H and O–H groups in total. The fourth-order valence-corrected chi connectivity index (χ4v) is 2.83. The van der Waals surface area contributed by atoms with Crippen molar-refractivity contribution in [3.63, 3.8) is 0 Å². The topological polar surface area (TPSA) is 62.2 Å². The predicted molar refractivity (Wildman–Crippen MR) is 78.9 cm³/mol. The number of hydrogen-bond acceptors (Lipinski definition) is 4. The summed E-state index contributed by atoms with van der Waals surface area (Å²) in [6.45, 7) is 0.708. The number of carbonyl (C=O) groups excluding carboxylic acids is 1. The van der Waals surface area contributed by atoms with Gasteiger partial charge in [-0.3, -0.25) is 14.4 Å². The number of nitrogens with one attached hydrogen (secondary N) is 2. The highest BCUT2D eigenvalue weighted by atomic mass is 19.4. The maximum Gasteiger partial charge on any atom is 0.401 e. The van der Waals surface area contributed by atoms with Crippen LogP contribution in [0.5, 0.6) is 0 Å². The lowest BCUT2D eigenvalue weighted by molar-refractivity contribution is -0.143. The lowest BCUT2D eigenvalue weighted by Crippen LogP contribution is -2.55. The van der Waals surface area contributed by atoms with Crippen molar-refractivity contribution in [3.8, 4) is 0 Å². The Hall–Kier alpha value is -1.61. The molecular weight excluding hydrogens is 311 g/mol. The molecule has 0 aliphatic carbocycles. The van der Waals surface area contributed by atoms with Crippen LogP contribution in [0.2, 0.25) is 0 Å². The Bertz CT molecular complexity index is 497. The third-order valence-corrected chi connectivity index (χ3v) is 4.02. The molecule has 6 nitrogen and oxygen atoms in total. The molecule has 1 saturated heterocycles. The fraction of sp³-hybridized carbons (Fsp3) is 0.714. The van der Waals surface area contributed by atoms with Crippen molar-refractivity contribution >= 4 is 5.91 Å². The van der Waals surface area contributed by atoms with E-state index in [4.69, 9.17) is 0 Å². The number of amides is 1. The Balaban J connectivity index is 1.92. The summed E-state index contributed by atoms with van der Waals surface area (Å²) in [5.74, 6) is -0.192. The van der Waals surface area contributed by atoms with Gasteiger partial charge in [-0.2, -0.15) is 18.3 Å². The van der Waals surface area contributed by atoms with E-state index in [0.29, 0.717) is 25.9 Å². The van der Waals surface area contributed by atoms with Gasteiger partial charge in [-0.1, -0.05) is 0 Å². The second kappa shape index (κ2) is 7.31. The quantitative estimate of drug-likeness (QED) is 0.799. The number of carbonyl (C=O) groups is 1. The van der Waals surface area contributed by atoms with Crippen molar-refractivity contribution in [1.29, 1.82) is 0 Å². The van der Waals surface area contributed by atoms with Gasteiger partial charge in [0, 0.05) is 25.5 Å². The molecule has 1 fully saturated rings. The van der Waals surface area contributed by atoms with E-state index in [1.807, 2.05) is 0 Å². The second-order valence-corrected chi connectivity index (χ2v) is 5.84. The number of rotatable bonds is 6. The smallest absolute Gasteiger partial charge is 0.353 e. The van der Waals surface area contributed by atoms with E-state index < -0.39 is 18.3 Å². The normalized spacial score (nSPS) is 18.1. The van der Waals surface area contributed by atoms with Crippen LogP contribution < -0.4 is 10.6 Å². The average Bonchev–Trinajstić information content (AvgIpc) is 3.00. The highest BCUT2D eigenvalue weighted by Crippen LogP contribution is 2.27. The summed E-state index contributed by atoms with van der Waals surface area (Å²) in [7, 11) is 1.38. The van der Waals surface area contributed by atoms with E-state index in [2.05, 4.69) is 15.7 Å². The number of alkyl halides is 3. The molecule has 0 aromatic carbocycles. The number of likely N-dealkylation sites (N-methyl/N-ethyl adjacent to an activating group) is 1. The van der Waals surface area contributed by atoms with Gasteiger partial charge in [-0.15, -0.1) is 0 Å². The first kappa shape index (κ1) is 17.7. The molecule has 0 saturated carbocycles. The molecule has 0 atom stereocenters. The van der Waals surface area contributed by atoms with Gasteiger partial charge in [-0.05, 0) is 39.0 Å². The van der Waals surface area contributed by atoms with Crippen LogP contribution in [0.25, 0.3) is 0 Å². The number of piperidine rings is 1. The summed E-state index contributed by atoms with van der Waals surface area (Å²) >= 11 is 0. The van der Waals surface area contributed by atoms with Gasteiger partial charge in [0.25, 0.3) is 0 Å². The predicted octanol–water partition coefficient (Wildman–Crippen LogP) is 0.572. The Kier molecular flexibility index (Phi) is 5.64.